The first-order valence-electron chi connectivity index (χ1n) is 5.58. The van der Waals surface area contributed by atoms with E-state index >= 15 is 0 Å². The van der Waals surface area contributed by atoms with Crippen molar-refractivity contribution in [2.45, 2.75) is 4.21 Å². The summed E-state index contributed by atoms with van der Waals surface area (Å²) in [4.78, 5) is 4.70. The van der Waals surface area contributed by atoms with E-state index in [0.29, 0.717) is 26.4 Å². The Morgan fingerprint density at radius 3 is 2.50 bits per heavy atom. The standard InChI is InChI=1S/C13H8ClNO3S2/c14-9-5-3-8(4-6-9)11-10-2-1-7-15-12(10)19-13(11)20(16,17)18/h1-7H,(H,16,17,18). The number of rotatable bonds is 2. The quantitative estimate of drug-likeness (QED) is 0.726. The van der Waals surface area contributed by atoms with Gasteiger partial charge in [-0.1, -0.05) is 23.7 Å². The average Bonchev–Trinajstić information content (AvgIpc) is 2.79. The van der Waals surface area contributed by atoms with Gasteiger partial charge in [0, 0.05) is 22.2 Å². The van der Waals surface area contributed by atoms with E-state index in [9.17, 15) is 13.0 Å². The molecule has 0 saturated carbocycles. The third kappa shape index (κ3) is 2.31. The lowest BCUT2D eigenvalue weighted by Crippen LogP contribution is -1.96. The van der Waals surface area contributed by atoms with Crippen molar-refractivity contribution in [1.29, 1.82) is 0 Å². The highest BCUT2D eigenvalue weighted by Gasteiger charge is 2.23. The summed E-state index contributed by atoms with van der Waals surface area (Å²) in [7, 11) is -4.31. The molecule has 20 heavy (non-hydrogen) atoms. The number of pyridine rings is 1. The molecule has 0 spiro atoms. The first-order valence-corrected chi connectivity index (χ1v) is 8.21. The van der Waals surface area contributed by atoms with Crippen molar-refractivity contribution >= 4 is 43.3 Å². The lowest BCUT2D eigenvalue weighted by atomic mass is 10.1. The molecule has 0 aliphatic heterocycles. The predicted molar refractivity (Wildman–Crippen MR) is 79.9 cm³/mol. The Labute approximate surface area is 124 Å². The van der Waals surface area contributed by atoms with Crippen LogP contribution in [0.15, 0.2) is 46.8 Å². The van der Waals surface area contributed by atoms with Crippen LogP contribution in [0.25, 0.3) is 21.3 Å². The smallest absolute Gasteiger partial charge is 0.281 e. The Balaban J connectivity index is 2.40. The second-order valence-electron chi connectivity index (χ2n) is 4.10. The summed E-state index contributed by atoms with van der Waals surface area (Å²) in [6.07, 6.45) is 1.58. The summed E-state index contributed by atoms with van der Waals surface area (Å²) in [5.41, 5.74) is 1.12. The molecule has 2 heterocycles. The van der Waals surface area contributed by atoms with Gasteiger partial charge in [-0.2, -0.15) is 8.42 Å². The monoisotopic (exact) mass is 325 g/mol. The van der Waals surface area contributed by atoms with Gasteiger partial charge in [0.1, 0.15) is 4.83 Å². The summed E-state index contributed by atoms with van der Waals surface area (Å²) in [5.74, 6) is 0. The van der Waals surface area contributed by atoms with Crippen LogP contribution in [0.4, 0.5) is 0 Å². The van der Waals surface area contributed by atoms with Crippen LogP contribution < -0.4 is 0 Å². The highest BCUT2D eigenvalue weighted by atomic mass is 35.5. The molecular weight excluding hydrogens is 318 g/mol. The summed E-state index contributed by atoms with van der Waals surface area (Å²) >= 11 is 6.79. The molecule has 2 aromatic heterocycles. The fraction of sp³-hybridized carbons (Fsp3) is 0. The number of thiophene rings is 1. The van der Waals surface area contributed by atoms with Gasteiger partial charge in [-0.15, -0.1) is 11.3 Å². The van der Waals surface area contributed by atoms with Gasteiger partial charge in [-0.3, -0.25) is 4.55 Å². The zero-order valence-corrected chi connectivity index (χ0v) is 12.3. The summed E-state index contributed by atoms with van der Waals surface area (Å²) in [5, 5.41) is 1.24. The molecule has 0 fully saturated rings. The van der Waals surface area contributed by atoms with Crippen LogP contribution in [0.1, 0.15) is 0 Å². The Morgan fingerprint density at radius 1 is 1.15 bits per heavy atom. The van der Waals surface area contributed by atoms with Crippen LogP contribution in [0.2, 0.25) is 5.02 Å². The molecule has 0 atom stereocenters. The fourth-order valence-electron chi connectivity index (χ4n) is 1.98. The van der Waals surface area contributed by atoms with Crippen molar-refractivity contribution in [3.05, 3.63) is 47.6 Å². The number of benzene rings is 1. The maximum absolute atomic E-state index is 11.6. The Kier molecular flexibility index (Phi) is 3.25. The molecule has 0 saturated heterocycles. The second-order valence-corrected chi connectivity index (χ2v) is 7.15. The van der Waals surface area contributed by atoms with E-state index in [0.717, 1.165) is 11.3 Å². The van der Waals surface area contributed by atoms with Crippen LogP contribution in [0.3, 0.4) is 0 Å². The maximum Gasteiger partial charge on any atom is 0.304 e. The van der Waals surface area contributed by atoms with Gasteiger partial charge in [-0.25, -0.2) is 4.98 Å². The molecule has 3 rings (SSSR count). The molecule has 1 N–H and O–H groups in total. The van der Waals surface area contributed by atoms with E-state index in [1.165, 1.54) is 0 Å². The van der Waals surface area contributed by atoms with Gasteiger partial charge in [0.25, 0.3) is 0 Å². The zero-order valence-electron chi connectivity index (χ0n) is 9.95. The molecule has 102 valence electrons. The first kappa shape index (κ1) is 13.5. The number of halogens is 1. The number of aromatic nitrogens is 1. The van der Waals surface area contributed by atoms with E-state index in [-0.39, 0.29) is 4.21 Å². The fourth-order valence-corrected chi connectivity index (χ4v) is 4.15. The molecule has 0 aliphatic rings. The van der Waals surface area contributed by atoms with Gasteiger partial charge in [-0.05, 0) is 29.8 Å². The molecule has 7 heteroatoms. The lowest BCUT2D eigenvalue weighted by molar-refractivity contribution is 0.486. The predicted octanol–water partition coefficient (Wildman–Crippen LogP) is 3.86. The minimum atomic E-state index is -4.31. The normalized spacial score (nSPS) is 11.9. The number of hydrogen-bond donors (Lipinski definition) is 1. The van der Waals surface area contributed by atoms with Crippen LogP contribution in [0.5, 0.6) is 0 Å². The van der Waals surface area contributed by atoms with E-state index in [4.69, 9.17) is 11.6 Å². The van der Waals surface area contributed by atoms with Crippen LogP contribution in [-0.2, 0) is 10.1 Å². The maximum atomic E-state index is 11.6. The number of fused-ring (bicyclic) bond motifs is 1. The minimum Gasteiger partial charge on any atom is -0.281 e. The highest BCUT2D eigenvalue weighted by molar-refractivity contribution is 7.88. The molecule has 0 aliphatic carbocycles. The van der Waals surface area contributed by atoms with Crippen LogP contribution in [0, 0.1) is 0 Å². The lowest BCUT2D eigenvalue weighted by Gasteiger charge is -2.03. The number of hydrogen-bond acceptors (Lipinski definition) is 4. The van der Waals surface area contributed by atoms with Crippen molar-refractivity contribution in [1.82, 2.24) is 4.98 Å². The molecule has 0 amide bonds. The second kappa shape index (κ2) is 4.82. The van der Waals surface area contributed by atoms with Gasteiger partial charge >= 0.3 is 10.1 Å². The summed E-state index contributed by atoms with van der Waals surface area (Å²) in [6.45, 7) is 0. The Morgan fingerprint density at radius 2 is 1.85 bits per heavy atom. The minimum absolute atomic E-state index is 0.103. The third-order valence-electron chi connectivity index (χ3n) is 2.80. The van der Waals surface area contributed by atoms with E-state index in [1.54, 1.807) is 42.6 Å². The van der Waals surface area contributed by atoms with Crippen molar-refractivity contribution in [2.24, 2.45) is 0 Å². The average molecular weight is 326 g/mol. The SMILES string of the molecule is O=S(=O)(O)c1sc2ncccc2c1-c1ccc(Cl)cc1. The van der Waals surface area contributed by atoms with E-state index < -0.39 is 10.1 Å². The summed E-state index contributed by atoms with van der Waals surface area (Å²) < 4.78 is 32.5. The van der Waals surface area contributed by atoms with Gasteiger partial charge in [0.05, 0.1) is 0 Å². The Hall–Kier alpha value is -1.47. The zero-order chi connectivity index (χ0) is 14.3. The molecule has 3 aromatic rings. The molecule has 1 aromatic carbocycles. The van der Waals surface area contributed by atoms with Crippen LogP contribution >= 0.6 is 22.9 Å². The first-order chi connectivity index (χ1) is 9.47. The molecular formula is C13H8ClNO3S2. The van der Waals surface area contributed by atoms with Gasteiger partial charge < -0.3 is 0 Å². The molecule has 0 unspecified atom stereocenters. The van der Waals surface area contributed by atoms with Crippen molar-refractivity contribution in [3.63, 3.8) is 0 Å². The van der Waals surface area contributed by atoms with Crippen molar-refractivity contribution < 1.29 is 13.0 Å². The Bertz CT molecular complexity index is 886. The third-order valence-corrected chi connectivity index (χ3v) is 5.52. The highest BCUT2D eigenvalue weighted by Crippen LogP contribution is 2.40. The van der Waals surface area contributed by atoms with E-state index in [1.807, 2.05) is 0 Å². The van der Waals surface area contributed by atoms with Gasteiger partial charge in [0.2, 0.25) is 0 Å². The topological polar surface area (TPSA) is 67.3 Å². The van der Waals surface area contributed by atoms with Gasteiger partial charge in [0.15, 0.2) is 4.21 Å². The number of nitrogens with zero attached hydrogens (tertiary/aromatic N) is 1. The van der Waals surface area contributed by atoms with Crippen molar-refractivity contribution in [2.75, 3.05) is 0 Å². The van der Waals surface area contributed by atoms with E-state index in [2.05, 4.69) is 4.98 Å². The summed E-state index contributed by atoms with van der Waals surface area (Å²) in [6, 6.07) is 10.3. The molecule has 0 radical (unpaired) electrons. The van der Waals surface area contributed by atoms with Crippen LogP contribution in [-0.4, -0.2) is 18.0 Å². The molecule has 0 bridgehead atoms. The molecule has 4 nitrogen and oxygen atoms in total. The van der Waals surface area contributed by atoms with Crippen molar-refractivity contribution in [3.8, 4) is 11.1 Å². The largest absolute Gasteiger partial charge is 0.304 e.